The molecule has 1 unspecified atom stereocenters. The van der Waals surface area contributed by atoms with Gasteiger partial charge in [0, 0.05) is 0 Å². The third-order valence-electron chi connectivity index (χ3n) is 2.70. The minimum atomic E-state index is -4.30. The largest absolute Gasteiger partial charge is 0.496 e. The van der Waals surface area contributed by atoms with Gasteiger partial charge in [0.1, 0.15) is 5.75 Å². The lowest BCUT2D eigenvalue weighted by Gasteiger charge is -2.16. The Morgan fingerprint density at radius 1 is 1.31 bits per heavy atom. The number of benzene rings is 1. The van der Waals surface area contributed by atoms with Crippen LogP contribution in [0.2, 0.25) is 0 Å². The van der Waals surface area contributed by atoms with Crippen molar-refractivity contribution < 1.29 is 17.9 Å². The number of hydrogen-bond acceptors (Lipinski definition) is 1. The zero-order chi connectivity index (χ0) is 12.3. The van der Waals surface area contributed by atoms with Crippen LogP contribution in [-0.4, -0.2) is 7.11 Å². The Hall–Kier alpha value is -1.19. The van der Waals surface area contributed by atoms with E-state index < -0.39 is 11.7 Å². The maximum atomic E-state index is 12.5. The van der Waals surface area contributed by atoms with Crippen molar-refractivity contribution in [2.24, 2.45) is 0 Å². The van der Waals surface area contributed by atoms with Crippen LogP contribution >= 0.6 is 0 Å². The first-order chi connectivity index (χ1) is 7.40. The Morgan fingerprint density at radius 2 is 1.94 bits per heavy atom. The number of alkyl halides is 3. The lowest BCUT2D eigenvalue weighted by Crippen LogP contribution is -2.07. The predicted octanol–water partition coefficient (Wildman–Crippen LogP) is 4.23. The van der Waals surface area contributed by atoms with E-state index in [1.165, 1.54) is 19.2 Å². The molecule has 90 valence electrons. The van der Waals surface area contributed by atoms with Crippen molar-refractivity contribution in [3.05, 3.63) is 29.3 Å². The molecule has 1 aromatic carbocycles. The zero-order valence-electron chi connectivity index (χ0n) is 9.56. The van der Waals surface area contributed by atoms with Crippen molar-refractivity contribution in [2.75, 3.05) is 7.11 Å². The number of rotatable bonds is 3. The minimum Gasteiger partial charge on any atom is -0.496 e. The van der Waals surface area contributed by atoms with Crippen molar-refractivity contribution in [1.29, 1.82) is 0 Å². The van der Waals surface area contributed by atoms with E-state index >= 15 is 0 Å². The summed E-state index contributed by atoms with van der Waals surface area (Å²) in [6.45, 7) is 3.82. The normalized spacial score (nSPS) is 13.6. The molecule has 0 aliphatic rings. The van der Waals surface area contributed by atoms with E-state index in [1.54, 1.807) is 0 Å². The van der Waals surface area contributed by atoms with Crippen molar-refractivity contribution in [3.63, 3.8) is 0 Å². The molecule has 0 heterocycles. The average molecular weight is 232 g/mol. The van der Waals surface area contributed by atoms with Gasteiger partial charge in [-0.15, -0.1) is 0 Å². The van der Waals surface area contributed by atoms with Crippen LogP contribution in [0.4, 0.5) is 13.2 Å². The molecule has 0 spiro atoms. The van der Waals surface area contributed by atoms with Gasteiger partial charge in [0.25, 0.3) is 0 Å². The minimum absolute atomic E-state index is 0.0530. The van der Waals surface area contributed by atoms with Gasteiger partial charge in [0.2, 0.25) is 0 Å². The molecule has 0 amide bonds. The molecule has 16 heavy (non-hydrogen) atoms. The summed E-state index contributed by atoms with van der Waals surface area (Å²) in [5.74, 6) is 0.569. The van der Waals surface area contributed by atoms with Crippen molar-refractivity contribution in [1.82, 2.24) is 0 Å². The molecule has 1 atom stereocenters. The maximum Gasteiger partial charge on any atom is 0.416 e. The Balaban J connectivity index is 3.21. The van der Waals surface area contributed by atoms with Gasteiger partial charge >= 0.3 is 6.18 Å². The van der Waals surface area contributed by atoms with Crippen LogP contribution in [0.15, 0.2) is 18.2 Å². The molecule has 1 nitrogen and oxygen atoms in total. The summed E-state index contributed by atoms with van der Waals surface area (Å²) in [5.41, 5.74) is -0.0107. The van der Waals surface area contributed by atoms with Crippen LogP contribution in [0.5, 0.6) is 5.75 Å². The molecule has 0 bridgehead atoms. The van der Waals surface area contributed by atoms with E-state index in [1.807, 2.05) is 13.8 Å². The molecule has 0 fully saturated rings. The molecule has 0 radical (unpaired) electrons. The fraction of sp³-hybridized carbons (Fsp3) is 0.500. The fourth-order valence-corrected chi connectivity index (χ4v) is 1.52. The molecular weight excluding hydrogens is 217 g/mol. The molecule has 1 rings (SSSR count). The summed E-state index contributed by atoms with van der Waals surface area (Å²) in [6.07, 6.45) is -3.52. The first kappa shape index (κ1) is 12.9. The lowest BCUT2D eigenvalue weighted by molar-refractivity contribution is -0.137. The first-order valence-corrected chi connectivity index (χ1v) is 5.15. The van der Waals surface area contributed by atoms with Gasteiger partial charge in [-0.2, -0.15) is 13.2 Å². The standard InChI is InChI=1S/C12H15F3O/c1-4-8(2)10-7-9(12(13,14)15)5-6-11(10)16-3/h5-8H,4H2,1-3H3. The van der Waals surface area contributed by atoms with Crippen molar-refractivity contribution in [2.45, 2.75) is 32.4 Å². The number of hydrogen-bond donors (Lipinski definition) is 0. The van der Waals surface area contributed by atoms with E-state index in [2.05, 4.69) is 0 Å². The molecule has 0 aliphatic heterocycles. The Bertz CT molecular complexity index is 358. The molecule has 4 heteroatoms. The highest BCUT2D eigenvalue weighted by molar-refractivity contribution is 5.40. The van der Waals surface area contributed by atoms with E-state index in [0.29, 0.717) is 11.3 Å². The number of methoxy groups -OCH3 is 1. The van der Waals surface area contributed by atoms with Crippen LogP contribution in [0.25, 0.3) is 0 Å². The predicted molar refractivity (Wildman–Crippen MR) is 56.7 cm³/mol. The third-order valence-corrected chi connectivity index (χ3v) is 2.70. The molecule has 0 aromatic heterocycles. The Morgan fingerprint density at radius 3 is 2.38 bits per heavy atom. The maximum absolute atomic E-state index is 12.5. The second-order valence-electron chi connectivity index (χ2n) is 3.76. The van der Waals surface area contributed by atoms with Gasteiger partial charge in [-0.05, 0) is 36.1 Å². The molecular formula is C12H15F3O. The van der Waals surface area contributed by atoms with Gasteiger partial charge in [0.05, 0.1) is 12.7 Å². The fourth-order valence-electron chi connectivity index (χ4n) is 1.52. The van der Waals surface area contributed by atoms with Gasteiger partial charge in [-0.3, -0.25) is 0 Å². The van der Waals surface area contributed by atoms with Gasteiger partial charge in [0.15, 0.2) is 0 Å². The van der Waals surface area contributed by atoms with Crippen LogP contribution in [0, 0.1) is 0 Å². The quantitative estimate of drug-likeness (QED) is 0.757. The second-order valence-corrected chi connectivity index (χ2v) is 3.76. The highest BCUT2D eigenvalue weighted by atomic mass is 19.4. The summed E-state index contributed by atoms with van der Waals surface area (Å²) in [5, 5.41) is 0. The molecule has 0 N–H and O–H groups in total. The first-order valence-electron chi connectivity index (χ1n) is 5.15. The van der Waals surface area contributed by atoms with Crippen LogP contribution in [0.1, 0.15) is 37.3 Å². The highest BCUT2D eigenvalue weighted by Gasteiger charge is 2.31. The summed E-state index contributed by atoms with van der Waals surface area (Å²) in [6, 6.07) is 3.60. The topological polar surface area (TPSA) is 9.23 Å². The van der Waals surface area contributed by atoms with E-state index in [9.17, 15) is 13.2 Å². The van der Waals surface area contributed by atoms with Gasteiger partial charge in [-0.1, -0.05) is 13.8 Å². The number of halogens is 3. The smallest absolute Gasteiger partial charge is 0.416 e. The summed E-state index contributed by atoms with van der Waals surface area (Å²) < 4.78 is 42.7. The highest BCUT2D eigenvalue weighted by Crippen LogP contribution is 2.36. The summed E-state index contributed by atoms with van der Waals surface area (Å²) in [7, 11) is 1.47. The summed E-state index contributed by atoms with van der Waals surface area (Å²) >= 11 is 0. The second kappa shape index (κ2) is 4.76. The zero-order valence-corrected chi connectivity index (χ0v) is 9.56. The lowest BCUT2D eigenvalue weighted by atomic mass is 9.95. The van der Waals surface area contributed by atoms with E-state index in [4.69, 9.17) is 4.74 Å². The van der Waals surface area contributed by atoms with E-state index in [-0.39, 0.29) is 5.92 Å². The molecule has 0 saturated carbocycles. The van der Waals surface area contributed by atoms with Crippen LogP contribution < -0.4 is 4.74 Å². The van der Waals surface area contributed by atoms with Crippen molar-refractivity contribution >= 4 is 0 Å². The van der Waals surface area contributed by atoms with Crippen molar-refractivity contribution in [3.8, 4) is 5.75 Å². The average Bonchev–Trinajstić information content (AvgIpc) is 2.25. The van der Waals surface area contributed by atoms with Crippen LogP contribution in [-0.2, 0) is 6.18 Å². The van der Waals surface area contributed by atoms with Crippen LogP contribution in [0.3, 0.4) is 0 Å². The monoisotopic (exact) mass is 232 g/mol. The molecule has 0 aliphatic carbocycles. The molecule has 1 aromatic rings. The number of ether oxygens (including phenoxy) is 1. The molecule has 0 saturated heterocycles. The Labute approximate surface area is 93.2 Å². The Kier molecular flexibility index (Phi) is 3.83. The SMILES string of the molecule is CCC(C)c1cc(C(F)(F)F)ccc1OC. The third kappa shape index (κ3) is 2.68. The van der Waals surface area contributed by atoms with E-state index in [0.717, 1.165) is 12.5 Å². The van der Waals surface area contributed by atoms with Gasteiger partial charge < -0.3 is 4.74 Å². The summed E-state index contributed by atoms with van der Waals surface area (Å²) in [4.78, 5) is 0. The van der Waals surface area contributed by atoms with Gasteiger partial charge in [-0.25, -0.2) is 0 Å².